The minimum atomic E-state index is -0.557. The van der Waals surface area contributed by atoms with Crippen LogP contribution in [0, 0.1) is 61.5 Å². The van der Waals surface area contributed by atoms with E-state index in [1.54, 1.807) is 99.0 Å². The number of aromatic nitrogens is 6. The molecule has 0 N–H and O–H groups in total. The van der Waals surface area contributed by atoms with Crippen molar-refractivity contribution >= 4 is 98.4 Å². The number of thioether (sulfide) groups is 3. The van der Waals surface area contributed by atoms with E-state index in [1.807, 2.05) is 63.9 Å². The minimum absolute atomic E-state index is 0.232. The second-order valence-corrected chi connectivity index (χ2v) is 29.4. The van der Waals surface area contributed by atoms with Crippen LogP contribution in [0.2, 0.25) is 20.1 Å². The molecule has 0 amide bonds. The first-order chi connectivity index (χ1) is 51.0. The highest BCUT2D eigenvalue weighted by molar-refractivity contribution is 7.98. The van der Waals surface area contributed by atoms with Crippen LogP contribution in [0.25, 0.3) is 33.8 Å². The van der Waals surface area contributed by atoms with E-state index >= 15 is 0 Å². The number of hydrogen-bond acceptors (Lipinski definition) is 10. The predicted octanol–water partition coefficient (Wildman–Crippen LogP) is 23.4. The number of rotatable bonds is 16. The molecule has 0 radical (unpaired) electrons. The van der Waals surface area contributed by atoms with Gasteiger partial charge in [-0.15, -0.1) is 0 Å². The van der Waals surface area contributed by atoms with Gasteiger partial charge in [0.05, 0.1) is 61.1 Å². The maximum Gasteiger partial charge on any atom is 0.173 e. The van der Waals surface area contributed by atoms with E-state index in [4.69, 9.17) is 80.3 Å². The van der Waals surface area contributed by atoms with Crippen LogP contribution in [0.15, 0.2) is 217 Å². The molecule has 6 heterocycles. The second kappa shape index (κ2) is 32.8. The van der Waals surface area contributed by atoms with Gasteiger partial charge in [0.15, 0.2) is 15.5 Å². The highest BCUT2D eigenvalue weighted by Crippen LogP contribution is 2.47. The van der Waals surface area contributed by atoms with E-state index < -0.39 is 24.1 Å². The van der Waals surface area contributed by atoms with Crippen molar-refractivity contribution in [3.8, 4) is 22.8 Å². The topological polar surface area (TPSA) is 90.4 Å². The van der Waals surface area contributed by atoms with Gasteiger partial charge in [0.2, 0.25) is 0 Å². The molecule has 0 spiro atoms. The average molecular weight is 1570 g/mol. The van der Waals surface area contributed by atoms with Gasteiger partial charge in [-0.1, -0.05) is 150 Å². The van der Waals surface area contributed by atoms with Gasteiger partial charge in [-0.05, 0) is 204 Å². The second-order valence-electron chi connectivity index (χ2n) is 24.9. The predicted molar refractivity (Wildman–Crippen MR) is 409 cm³/mol. The molecule has 15 rings (SSSR count). The molecule has 3 aromatic heterocycles. The summed E-state index contributed by atoms with van der Waals surface area (Å²) in [6.07, 6.45) is -1.45. The van der Waals surface area contributed by atoms with Crippen molar-refractivity contribution in [3.05, 3.63) is 347 Å². The fourth-order valence-corrected chi connectivity index (χ4v) is 16.7. The molecular weight excluding hydrogens is 1500 g/mol. The lowest BCUT2D eigenvalue weighted by Crippen LogP contribution is -2.19. The fourth-order valence-electron chi connectivity index (χ4n) is 12.5. The molecule has 3 unspecified atom stereocenters. The number of aryl methyl sites for hydroxylation is 3. The lowest BCUT2D eigenvalue weighted by Gasteiger charge is -2.27. The van der Waals surface area contributed by atoms with E-state index in [-0.39, 0.29) is 58.8 Å². The van der Waals surface area contributed by atoms with E-state index in [0.717, 1.165) is 56.1 Å². The average Bonchev–Trinajstić information content (AvgIpc) is 1.60. The van der Waals surface area contributed by atoms with Gasteiger partial charge in [0, 0.05) is 71.1 Å². The van der Waals surface area contributed by atoms with Gasteiger partial charge in [-0.3, -0.25) is 13.7 Å². The number of imidazole rings is 3. The SMILES string of the molecule is C=C1COC(c2ccc(Cl)c(C)c2)c2c1nc(SCc1c(F)cccc1Cl)n2-c1ccc(F)cc1.C=C1COC(c2ccc(F)c(C)c2)c2c1nc(SCc1c(F)cccc1Cl)n2-c1ccc(F)cc1.C=C1COC(c2ccc(OC)c(C)c2)c2c1nc(SCc1c(F)cccc1Cl)n2-c1ccc(F)cc1. The monoisotopic (exact) mass is 1560 g/mol. The molecule has 0 fully saturated rings. The van der Waals surface area contributed by atoms with Crippen molar-refractivity contribution in [2.45, 2.75) is 71.8 Å². The summed E-state index contributed by atoms with van der Waals surface area (Å²) in [7, 11) is 1.64. The number of nitrogens with zero attached hydrogens (tertiary/aromatic N) is 6. The first-order valence-corrected chi connectivity index (χ1v) is 37.4. The zero-order chi connectivity index (χ0) is 74.8. The van der Waals surface area contributed by atoms with Crippen molar-refractivity contribution < 1.29 is 49.7 Å². The summed E-state index contributed by atoms with van der Waals surface area (Å²) in [5.41, 5.74) is 14.7. The molecule has 0 saturated heterocycles. The molecule has 3 aliphatic rings. The first kappa shape index (κ1) is 75.5. The molecule has 9 aromatic carbocycles. The molecule has 12 aromatic rings. The Bertz CT molecular complexity index is 5090. The fraction of sp³-hybridized carbons (Fsp3) is 0.159. The van der Waals surface area contributed by atoms with Crippen LogP contribution in [-0.2, 0) is 31.5 Å². The highest BCUT2D eigenvalue weighted by atomic mass is 35.5. The summed E-state index contributed by atoms with van der Waals surface area (Å²) in [4.78, 5) is 14.6. The number of fused-ring (bicyclic) bond motifs is 3. The largest absolute Gasteiger partial charge is 0.496 e. The summed E-state index contributed by atoms with van der Waals surface area (Å²) < 4.78 is 128. The maximum absolute atomic E-state index is 14.5. The van der Waals surface area contributed by atoms with Gasteiger partial charge in [-0.2, -0.15) is 0 Å². The molecule has 0 bridgehead atoms. The number of methoxy groups -OCH3 is 1. The van der Waals surface area contributed by atoms with Crippen molar-refractivity contribution in [1.82, 2.24) is 28.7 Å². The summed E-state index contributed by atoms with van der Waals surface area (Å²) in [5.74, 6) is -0.981. The van der Waals surface area contributed by atoms with Gasteiger partial charge in [0.25, 0.3) is 0 Å². The molecule has 3 aliphatic heterocycles. The first-order valence-electron chi connectivity index (χ1n) is 32.9. The van der Waals surface area contributed by atoms with Crippen molar-refractivity contribution in [3.63, 3.8) is 0 Å². The van der Waals surface area contributed by atoms with E-state index in [9.17, 15) is 30.7 Å². The van der Waals surface area contributed by atoms with Crippen molar-refractivity contribution in [1.29, 1.82) is 0 Å². The highest BCUT2D eigenvalue weighted by Gasteiger charge is 2.37. The van der Waals surface area contributed by atoms with Gasteiger partial charge < -0.3 is 18.9 Å². The summed E-state index contributed by atoms with van der Waals surface area (Å²) in [5, 5.41) is 3.46. The Morgan fingerprint density at radius 2 is 0.717 bits per heavy atom. The number of halogens is 11. The zero-order valence-corrected chi connectivity index (χ0v) is 62.6. The van der Waals surface area contributed by atoms with Gasteiger partial charge in [-0.25, -0.2) is 45.7 Å². The summed E-state index contributed by atoms with van der Waals surface area (Å²) in [6, 6.07) is 48.6. The Morgan fingerprint density at radius 3 is 1.03 bits per heavy atom. The summed E-state index contributed by atoms with van der Waals surface area (Å²) in [6.45, 7) is 18.9. The Kier molecular flexibility index (Phi) is 23.3. The molecule has 0 saturated carbocycles. The molecule has 0 aliphatic carbocycles. The van der Waals surface area contributed by atoms with Crippen LogP contribution in [0.4, 0.5) is 30.7 Å². The Labute approximate surface area is 640 Å². The molecule has 540 valence electrons. The van der Waals surface area contributed by atoms with Crippen LogP contribution in [0.3, 0.4) is 0 Å². The van der Waals surface area contributed by atoms with Crippen LogP contribution >= 0.6 is 81.7 Å². The molecule has 10 nitrogen and oxygen atoms in total. The number of benzene rings is 9. The van der Waals surface area contributed by atoms with Crippen LogP contribution < -0.4 is 4.74 Å². The van der Waals surface area contributed by atoms with Crippen LogP contribution in [0.5, 0.6) is 5.75 Å². The Balaban J connectivity index is 0.000000141. The smallest absolute Gasteiger partial charge is 0.173 e. The normalized spacial score (nSPS) is 15.3. The van der Waals surface area contributed by atoms with Gasteiger partial charge in [0.1, 0.15) is 64.8 Å². The lowest BCUT2D eigenvalue weighted by atomic mass is 9.97. The third kappa shape index (κ3) is 16.0. The third-order valence-corrected chi connectivity index (χ3v) is 22.2. The third-order valence-electron chi connectivity index (χ3n) is 17.8. The summed E-state index contributed by atoms with van der Waals surface area (Å²) >= 11 is 29.0. The molecule has 3 atom stereocenters. The Morgan fingerprint density at radius 1 is 0.396 bits per heavy atom. The van der Waals surface area contributed by atoms with Crippen molar-refractivity contribution in [2.24, 2.45) is 0 Å². The van der Waals surface area contributed by atoms with Crippen LogP contribution in [0.1, 0.15) is 103 Å². The zero-order valence-electron chi connectivity index (χ0n) is 57.1. The standard InChI is InChI=1S/C28H23ClF2N2O2S.C27H20Cl2F2N2OS.C27H20ClF3N2OS/c1-16-13-18(7-12-24(16)34-3)27-26-25(17(2)14-35-27)32-28(33(26)20-10-8-19(30)9-11-20)36-15-21-22(29)5-4-6-23(21)31;1-15-12-17(6-11-21(15)28)26-25-24(16(2)13-34-26)32-27(33(25)19-9-7-18(30)8-10-19)35-14-20-22(29)4-3-5-23(20)31;1-15-12-17(6-11-22(15)30)26-25-24(16(2)13-34-26)32-27(33(25)19-9-7-18(29)8-10-19)35-14-20-21(28)4-3-5-23(20)31/h4-13,27H,2,14-15H2,1,3H3;2*3-12,26H,2,13-14H2,1H3. The van der Waals surface area contributed by atoms with E-state index in [2.05, 4.69) is 19.7 Å². The Hall–Kier alpha value is -8.77. The van der Waals surface area contributed by atoms with Crippen LogP contribution in [-0.4, -0.2) is 55.6 Å². The number of ether oxygens (including phenoxy) is 4. The minimum Gasteiger partial charge on any atom is -0.496 e. The molecule has 24 heteroatoms. The maximum atomic E-state index is 14.5. The van der Waals surface area contributed by atoms with Gasteiger partial charge >= 0.3 is 0 Å². The molecular formula is C82H63Cl4F7N6O4S3. The lowest BCUT2D eigenvalue weighted by molar-refractivity contribution is 0.0963. The van der Waals surface area contributed by atoms with E-state index in [1.165, 1.54) is 95.9 Å². The van der Waals surface area contributed by atoms with Crippen molar-refractivity contribution in [2.75, 3.05) is 26.9 Å². The quantitative estimate of drug-likeness (QED) is 0.0688. The van der Waals surface area contributed by atoms with E-state index in [0.29, 0.717) is 116 Å². The number of hydrogen-bond donors (Lipinski definition) is 0. The molecule has 106 heavy (non-hydrogen) atoms.